The Hall–Kier alpha value is -1.56. The molecule has 10 heteroatoms. The Labute approximate surface area is 167 Å². The van der Waals surface area contributed by atoms with Gasteiger partial charge in [0.25, 0.3) is 0 Å². The minimum Gasteiger partial charge on any atom is -0.444 e. The first-order chi connectivity index (χ1) is 13.5. The van der Waals surface area contributed by atoms with Gasteiger partial charge in [0, 0.05) is 25.0 Å². The van der Waals surface area contributed by atoms with Gasteiger partial charge in [-0.05, 0) is 65.0 Å². The van der Waals surface area contributed by atoms with E-state index in [2.05, 4.69) is 10.6 Å². The van der Waals surface area contributed by atoms with Crippen molar-refractivity contribution in [2.45, 2.75) is 51.0 Å². The molecule has 0 saturated heterocycles. The molecular formula is C18H38N6O4. The highest BCUT2D eigenvalue weighted by atomic mass is 16.6. The van der Waals surface area contributed by atoms with Crippen LogP contribution in [-0.4, -0.2) is 63.7 Å². The lowest BCUT2D eigenvalue weighted by Crippen LogP contribution is -2.32. The Kier molecular flexibility index (Phi) is 17.7. The number of rotatable bonds is 18. The number of unbranched alkanes of at least 4 members (excludes halogenated alkanes) is 2. The number of esters is 2. The summed E-state index contributed by atoms with van der Waals surface area (Å²) in [4.78, 5) is 23.3. The van der Waals surface area contributed by atoms with Crippen molar-refractivity contribution >= 4 is 11.9 Å². The van der Waals surface area contributed by atoms with Crippen LogP contribution in [0.1, 0.15) is 38.5 Å². The minimum absolute atomic E-state index is 0.468. The highest BCUT2D eigenvalue weighted by Gasteiger charge is 2.10. The lowest BCUT2D eigenvalue weighted by Gasteiger charge is -2.13. The quantitative estimate of drug-likeness (QED) is 0.0693. The largest absolute Gasteiger partial charge is 0.444 e. The molecule has 0 aliphatic rings. The Bertz CT molecular complexity index is 398. The van der Waals surface area contributed by atoms with Gasteiger partial charge in [0.05, 0.1) is 0 Å². The zero-order valence-electron chi connectivity index (χ0n) is 16.7. The van der Waals surface area contributed by atoms with Crippen molar-refractivity contribution in [2.75, 3.05) is 39.3 Å². The predicted molar refractivity (Wildman–Crippen MR) is 109 cm³/mol. The third kappa shape index (κ3) is 17.8. The Morgan fingerprint density at radius 2 is 1.11 bits per heavy atom. The van der Waals surface area contributed by atoms with Gasteiger partial charge >= 0.3 is 11.9 Å². The van der Waals surface area contributed by atoms with Gasteiger partial charge in [-0.1, -0.05) is 0 Å². The number of hydrogen-bond acceptors (Lipinski definition) is 10. The van der Waals surface area contributed by atoms with Gasteiger partial charge in [0.15, 0.2) is 12.5 Å². The van der Waals surface area contributed by atoms with E-state index in [4.69, 9.17) is 32.4 Å². The van der Waals surface area contributed by atoms with E-state index in [1.165, 1.54) is 0 Å². The highest BCUT2D eigenvalue weighted by molar-refractivity contribution is 5.91. The number of carbonyl (C=O) groups excluding carboxylic acids is 2. The van der Waals surface area contributed by atoms with E-state index in [0.717, 1.165) is 50.9 Å². The molecule has 0 amide bonds. The number of ether oxygens (including phenoxy) is 2. The van der Waals surface area contributed by atoms with Gasteiger partial charge in [0.2, 0.25) is 0 Å². The summed E-state index contributed by atoms with van der Waals surface area (Å²) in [5, 5.41) is 6.37. The van der Waals surface area contributed by atoms with E-state index in [-0.39, 0.29) is 0 Å². The molecule has 0 heterocycles. The molecule has 0 rings (SSSR count). The molecule has 0 aromatic heterocycles. The molecule has 0 spiro atoms. The van der Waals surface area contributed by atoms with Crippen molar-refractivity contribution in [3.05, 3.63) is 12.2 Å². The van der Waals surface area contributed by atoms with Crippen molar-refractivity contribution in [3.63, 3.8) is 0 Å². The summed E-state index contributed by atoms with van der Waals surface area (Å²) in [5.41, 5.74) is 22.2. The van der Waals surface area contributed by atoms with Gasteiger partial charge in [-0.15, -0.1) is 0 Å². The summed E-state index contributed by atoms with van der Waals surface area (Å²) in [7, 11) is 0. The maximum atomic E-state index is 11.6. The first kappa shape index (κ1) is 26.4. The SMILES string of the molecule is NCCCCNCCC(N)OC(=O)/C=C/C(=O)OC(N)CCNCCCCN. The summed E-state index contributed by atoms with van der Waals surface area (Å²) >= 11 is 0. The van der Waals surface area contributed by atoms with E-state index < -0.39 is 24.4 Å². The van der Waals surface area contributed by atoms with E-state index in [1.54, 1.807) is 0 Å². The van der Waals surface area contributed by atoms with Gasteiger partial charge in [0.1, 0.15) is 0 Å². The molecule has 0 bridgehead atoms. The monoisotopic (exact) mass is 402 g/mol. The molecule has 2 atom stereocenters. The normalized spacial score (nSPS) is 13.4. The molecule has 0 aliphatic carbocycles. The minimum atomic E-state index is -0.747. The third-order valence-corrected chi connectivity index (χ3v) is 3.72. The maximum absolute atomic E-state index is 11.6. The summed E-state index contributed by atoms with van der Waals surface area (Å²) in [6, 6.07) is 0. The Morgan fingerprint density at radius 1 is 0.714 bits per heavy atom. The molecule has 10 nitrogen and oxygen atoms in total. The summed E-state index contributed by atoms with van der Waals surface area (Å²) in [6.07, 6.45) is 5.31. The van der Waals surface area contributed by atoms with E-state index in [1.807, 2.05) is 0 Å². The average molecular weight is 403 g/mol. The first-order valence-corrected chi connectivity index (χ1v) is 9.91. The van der Waals surface area contributed by atoms with Crippen LogP contribution in [0.25, 0.3) is 0 Å². The molecule has 0 aromatic rings. The number of nitrogens with two attached hydrogens (primary N) is 4. The molecule has 0 radical (unpaired) electrons. The van der Waals surface area contributed by atoms with Gasteiger partial charge in [-0.3, -0.25) is 11.5 Å². The van der Waals surface area contributed by atoms with E-state index in [0.29, 0.717) is 39.0 Å². The second-order valence-corrected chi connectivity index (χ2v) is 6.35. The van der Waals surface area contributed by atoms with Crippen LogP contribution in [0, 0.1) is 0 Å². The van der Waals surface area contributed by atoms with Gasteiger partial charge in [-0.25, -0.2) is 9.59 Å². The smallest absolute Gasteiger partial charge is 0.332 e. The lowest BCUT2D eigenvalue weighted by atomic mass is 10.3. The number of nitrogens with one attached hydrogen (secondary N) is 2. The molecule has 0 aromatic carbocycles. The van der Waals surface area contributed by atoms with Crippen LogP contribution in [0.15, 0.2) is 12.2 Å². The Morgan fingerprint density at radius 3 is 1.46 bits per heavy atom. The fraction of sp³-hybridized carbons (Fsp3) is 0.778. The summed E-state index contributed by atoms with van der Waals surface area (Å²) in [6.45, 7) is 4.27. The summed E-state index contributed by atoms with van der Waals surface area (Å²) < 4.78 is 9.96. The van der Waals surface area contributed by atoms with Crippen molar-refractivity contribution in [3.8, 4) is 0 Å². The average Bonchev–Trinajstić information content (AvgIpc) is 2.65. The molecular weight excluding hydrogens is 364 g/mol. The summed E-state index contributed by atoms with van der Waals surface area (Å²) in [5.74, 6) is -1.41. The van der Waals surface area contributed by atoms with Crippen molar-refractivity contribution in [2.24, 2.45) is 22.9 Å². The van der Waals surface area contributed by atoms with Crippen molar-refractivity contribution in [1.29, 1.82) is 0 Å². The van der Waals surface area contributed by atoms with E-state index >= 15 is 0 Å². The number of hydrogen-bond donors (Lipinski definition) is 6. The van der Waals surface area contributed by atoms with Crippen LogP contribution in [0.4, 0.5) is 0 Å². The van der Waals surface area contributed by atoms with Crippen LogP contribution >= 0.6 is 0 Å². The second-order valence-electron chi connectivity index (χ2n) is 6.35. The van der Waals surface area contributed by atoms with Gasteiger partial charge < -0.3 is 31.6 Å². The molecule has 10 N–H and O–H groups in total. The van der Waals surface area contributed by atoms with E-state index in [9.17, 15) is 9.59 Å². The van der Waals surface area contributed by atoms with Crippen LogP contribution < -0.4 is 33.6 Å². The zero-order chi connectivity index (χ0) is 21.0. The maximum Gasteiger partial charge on any atom is 0.332 e. The topological polar surface area (TPSA) is 181 Å². The molecule has 0 fully saturated rings. The molecule has 2 unspecified atom stereocenters. The van der Waals surface area contributed by atoms with Gasteiger partial charge in [-0.2, -0.15) is 0 Å². The standard InChI is InChI=1S/C18H38N6O4/c19-9-1-3-11-23-13-7-15(21)27-17(25)5-6-18(26)28-16(22)8-14-24-12-4-2-10-20/h5-6,15-16,23-24H,1-4,7-14,19-22H2/b6-5+. The van der Waals surface area contributed by atoms with Crippen LogP contribution in [0.2, 0.25) is 0 Å². The first-order valence-electron chi connectivity index (χ1n) is 9.91. The fourth-order valence-electron chi connectivity index (χ4n) is 2.16. The van der Waals surface area contributed by atoms with Crippen LogP contribution in [-0.2, 0) is 19.1 Å². The molecule has 0 aliphatic heterocycles. The lowest BCUT2D eigenvalue weighted by molar-refractivity contribution is -0.145. The van der Waals surface area contributed by atoms with Crippen LogP contribution in [0.5, 0.6) is 0 Å². The zero-order valence-corrected chi connectivity index (χ0v) is 16.7. The second kappa shape index (κ2) is 18.8. The third-order valence-electron chi connectivity index (χ3n) is 3.72. The Balaban J connectivity index is 3.80. The molecule has 164 valence electrons. The van der Waals surface area contributed by atoms with Crippen LogP contribution in [0.3, 0.4) is 0 Å². The molecule has 28 heavy (non-hydrogen) atoms. The predicted octanol–water partition coefficient (Wildman–Crippen LogP) is -1.36. The van der Waals surface area contributed by atoms with Crippen molar-refractivity contribution in [1.82, 2.24) is 10.6 Å². The van der Waals surface area contributed by atoms with Crippen molar-refractivity contribution < 1.29 is 19.1 Å². The molecule has 0 saturated carbocycles. The number of carbonyl (C=O) groups is 2. The fourth-order valence-corrected chi connectivity index (χ4v) is 2.16. The highest BCUT2D eigenvalue weighted by Crippen LogP contribution is 1.96.